The molecule has 1 saturated heterocycles. The van der Waals surface area contributed by atoms with E-state index in [0.717, 1.165) is 11.3 Å². The summed E-state index contributed by atoms with van der Waals surface area (Å²) in [7, 11) is 0. The normalized spacial score (nSPS) is 19.4. The van der Waals surface area contributed by atoms with Crippen molar-refractivity contribution < 1.29 is 9.47 Å². The third-order valence-electron chi connectivity index (χ3n) is 4.03. The van der Waals surface area contributed by atoms with Crippen molar-refractivity contribution in [2.24, 2.45) is 0 Å². The number of rotatable bonds is 1. The van der Waals surface area contributed by atoms with Crippen LogP contribution in [0, 0.1) is 6.92 Å². The minimum absolute atomic E-state index is 0.0275. The first-order valence-corrected chi connectivity index (χ1v) is 7.07. The maximum atomic E-state index is 12.8. The summed E-state index contributed by atoms with van der Waals surface area (Å²) in [5.41, 5.74) is 1.08. The van der Waals surface area contributed by atoms with Crippen LogP contribution in [-0.2, 0) is 10.3 Å². The molecule has 6 nitrogen and oxygen atoms in total. The fourth-order valence-electron chi connectivity index (χ4n) is 2.80. The minimum Gasteiger partial charge on any atom is -0.478 e. The summed E-state index contributed by atoms with van der Waals surface area (Å²) < 4.78 is 14.4. The van der Waals surface area contributed by atoms with Gasteiger partial charge in [-0.1, -0.05) is 6.07 Å². The van der Waals surface area contributed by atoms with Crippen LogP contribution in [0.5, 0.6) is 5.75 Å². The Morgan fingerprint density at radius 1 is 1.33 bits per heavy atom. The first kappa shape index (κ1) is 12.6. The van der Waals surface area contributed by atoms with Gasteiger partial charge in [-0.3, -0.25) is 0 Å². The summed E-state index contributed by atoms with van der Waals surface area (Å²) in [6, 6.07) is 5.87. The predicted octanol–water partition coefficient (Wildman–Crippen LogP) is 1.54. The molecule has 4 rings (SSSR count). The average molecular weight is 287 g/mol. The second-order valence-corrected chi connectivity index (χ2v) is 6.16. The number of hydrogen-bond acceptors (Lipinski definition) is 4. The van der Waals surface area contributed by atoms with Crippen LogP contribution in [0.4, 0.5) is 0 Å². The Bertz CT molecular complexity index is 784. The van der Waals surface area contributed by atoms with Gasteiger partial charge in [-0.05, 0) is 38.5 Å². The highest BCUT2D eigenvalue weighted by atomic mass is 16.5. The largest absolute Gasteiger partial charge is 0.478 e. The summed E-state index contributed by atoms with van der Waals surface area (Å²) in [5, 5.41) is 4.52. The van der Waals surface area contributed by atoms with E-state index in [1.165, 1.54) is 4.68 Å². The monoisotopic (exact) mass is 287 g/mol. The highest BCUT2D eigenvalue weighted by Crippen LogP contribution is 2.37. The lowest BCUT2D eigenvalue weighted by Gasteiger charge is -2.31. The first-order chi connectivity index (χ1) is 9.97. The molecule has 0 atom stereocenters. The van der Waals surface area contributed by atoms with Crippen molar-refractivity contribution in [1.82, 2.24) is 14.3 Å². The van der Waals surface area contributed by atoms with Gasteiger partial charge in [-0.2, -0.15) is 0 Å². The maximum Gasteiger partial charge on any atom is 0.351 e. The van der Waals surface area contributed by atoms with Crippen LogP contribution in [0.3, 0.4) is 0 Å². The van der Waals surface area contributed by atoms with Gasteiger partial charge < -0.3 is 9.47 Å². The third kappa shape index (κ3) is 1.68. The molecular formula is C15H17N3O3. The molecule has 1 aromatic heterocycles. The summed E-state index contributed by atoms with van der Waals surface area (Å²) in [6.45, 7) is 6.93. The van der Waals surface area contributed by atoms with Crippen LogP contribution in [-0.4, -0.2) is 27.6 Å². The predicted molar refractivity (Wildman–Crippen MR) is 76.1 cm³/mol. The maximum absolute atomic E-state index is 12.8. The van der Waals surface area contributed by atoms with E-state index in [2.05, 4.69) is 5.10 Å². The molecule has 0 bridgehead atoms. The molecule has 0 unspecified atom stereocenters. The van der Waals surface area contributed by atoms with Crippen LogP contribution in [0.1, 0.15) is 31.3 Å². The Kier molecular flexibility index (Phi) is 2.39. The van der Waals surface area contributed by atoms with E-state index in [4.69, 9.17) is 9.47 Å². The Hall–Kier alpha value is -2.08. The van der Waals surface area contributed by atoms with Crippen molar-refractivity contribution in [2.75, 3.05) is 13.2 Å². The van der Waals surface area contributed by atoms with Gasteiger partial charge in [0.2, 0.25) is 0 Å². The average Bonchev–Trinajstić information content (AvgIpc) is 2.68. The van der Waals surface area contributed by atoms with Crippen LogP contribution >= 0.6 is 0 Å². The summed E-state index contributed by atoms with van der Waals surface area (Å²) in [5.74, 6) is 1.35. The van der Waals surface area contributed by atoms with Crippen LogP contribution in [0.15, 0.2) is 23.0 Å². The standard InChI is InChI=1S/C15H17N3O3/c1-9-4-5-12-11(6-9)17-13(15(2,3)21-12)16-18(14(17)19)10-7-20-8-10/h4-6,10H,7-8H2,1-3H3. The molecule has 2 aliphatic heterocycles. The van der Waals surface area contributed by atoms with Crippen molar-refractivity contribution in [3.8, 4) is 11.4 Å². The van der Waals surface area contributed by atoms with Gasteiger partial charge in [0, 0.05) is 0 Å². The van der Waals surface area contributed by atoms with Crippen molar-refractivity contribution in [3.63, 3.8) is 0 Å². The van der Waals surface area contributed by atoms with E-state index >= 15 is 0 Å². The van der Waals surface area contributed by atoms with Gasteiger partial charge in [-0.15, -0.1) is 5.10 Å². The molecule has 3 heterocycles. The smallest absolute Gasteiger partial charge is 0.351 e. The Labute approximate surface area is 121 Å². The molecule has 0 saturated carbocycles. The van der Waals surface area contributed by atoms with Crippen molar-refractivity contribution in [3.05, 3.63) is 40.1 Å². The first-order valence-electron chi connectivity index (χ1n) is 7.07. The van der Waals surface area contributed by atoms with Gasteiger partial charge in [-0.25, -0.2) is 14.0 Å². The van der Waals surface area contributed by atoms with Crippen molar-refractivity contribution in [1.29, 1.82) is 0 Å². The lowest BCUT2D eigenvalue weighted by atomic mass is 10.1. The van der Waals surface area contributed by atoms with E-state index in [9.17, 15) is 4.79 Å². The van der Waals surface area contributed by atoms with E-state index in [0.29, 0.717) is 24.8 Å². The molecule has 1 aromatic carbocycles. The SMILES string of the molecule is Cc1ccc2c(c1)-n1c(nn(C3COC3)c1=O)C(C)(C)O2. The number of ether oxygens (including phenoxy) is 2. The molecule has 2 aliphatic rings. The van der Waals surface area contributed by atoms with Gasteiger partial charge >= 0.3 is 5.69 Å². The summed E-state index contributed by atoms with van der Waals surface area (Å²) in [6.07, 6.45) is 0. The molecule has 0 aliphatic carbocycles. The summed E-state index contributed by atoms with van der Waals surface area (Å²) >= 11 is 0. The van der Waals surface area contributed by atoms with Crippen LogP contribution in [0.25, 0.3) is 5.69 Å². The number of benzene rings is 1. The van der Waals surface area contributed by atoms with Crippen molar-refractivity contribution in [2.45, 2.75) is 32.4 Å². The Balaban J connectivity index is 2.00. The molecule has 6 heteroatoms. The quantitative estimate of drug-likeness (QED) is 0.798. The number of aryl methyl sites for hydroxylation is 1. The third-order valence-corrected chi connectivity index (χ3v) is 4.03. The van der Waals surface area contributed by atoms with E-state index in [1.54, 1.807) is 4.57 Å². The molecule has 21 heavy (non-hydrogen) atoms. The Morgan fingerprint density at radius 2 is 2.10 bits per heavy atom. The molecule has 0 spiro atoms. The number of aromatic nitrogens is 3. The lowest BCUT2D eigenvalue weighted by Crippen LogP contribution is -2.39. The van der Waals surface area contributed by atoms with Gasteiger partial charge in [0.25, 0.3) is 0 Å². The van der Waals surface area contributed by atoms with Crippen LogP contribution in [0.2, 0.25) is 0 Å². The molecule has 2 aromatic rings. The van der Waals surface area contributed by atoms with Gasteiger partial charge in [0.05, 0.1) is 18.9 Å². The van der Waals surface area contributed by atoms with E-state index in [1.807, 2.05) is 39.0 Å². The minimum atomic E-state index is -0.642. The number of nitrogens with zero attached hydrogens (tertiary/aromatic N) is 3. The number of hydrogen-bond donors (Lipinski definition) is 0. The molecular weight excluding hydrogens is 270 g/mol. The molecule has 1 fully saturated rings. The summed E-state index contributed by atoms with van der Waals surface area (Å²) in [4.78, 5) is 12.8. The van der Waals surface area contributed by atoms with E-state index in [-0.39, 0.29) is 11.7 Å². The second kappa shape index (κ2) is 3.98. The fourth-order valence-corrected chi connectivity index (χ4v) is 2.80. The zero-order valence-electron chi connectivity index (χ0n) is 12.3. The van der Waals surface area contributed by atoms with Gasteiger partial charge in [0.15, 0.2) is 11.4 Å². The topological polar surface area (TPSA) is 58.3 Å². The van der Waals surface area contributed by atoms with Gasteiger partial charge in [0.1, 0.15) is 11.8 Å². The highest BCUT2D eigenvalue weighted by molar-refractivity contribution is 5.52. The molecule has 0 N–H and O–H groups in total. The Morgan fingerprint density at radius 3 is 2.76 bits per heavy atom. The van der Waals surface area contributed by atoms with Crippen LogP contribution < -0.4 is 10.4 Å². The lowest BCUT2D eigenvalue weighted by molar-refractivity contribution is -0.0308. The fraction of sp³-hybridized carbons (Fsp3) is 0.467. The van der Waals surface area contributed by atoms with E-state index < -0.39 is 5.60 Å². The van der Waals surface area contributed by atoms with Crippen molar-refractivity contribution >= 4 is 0 Å². The zero-order chi connectivity index (χ0) is 14.8. The molecule has 110 valence electrons. The number of fused-ring (bicyclic) bond motifs is 3. The zero-order valence-corrected chi connectivity index (χ0v) is 12.3. The molecule has 0 radical (unpaired) electrons. The molecule has 0 amide bonds. The highest BCUT2D eigenvalue weighted by Gasteiger charge is 2.39. The second-order valence-electron chi connectivity index (χ2n) is 6.16.